The number of amides is 3. The van der Waals surface area contributed by atoms with E-state index in [2.05, 4.69) is 10.6 Å². The number of likely N-dealkylation sites (tertiary alicyclic amines) is 1. The van der Waals surface area contributed by atoms with Gasteiger partial charge in [-0.2, -0.15) is 0 Å². The summed E-state index contributed by atoms with van der Waals surface area (Å²) in [5, 5.41) is 15.4. The van der Waals surface area contributed by atoms with E-state index in [9.17, 15) is 19.5 Å². The number of carbonyl (C=O) groups excluding carboxylic acids is 3. The summed E-state index contributed by atoms with van der Waals surface area (Å²) in [5.74, 6) is -2.29. The maximum Gasteiger partial charge on any atom is 0.245 e. The Bertz CT molecular complexity index is 862. The van der Waals surface area contributed by atoms with Gasteiger partial charge in [0.15, 0.2) is 0 Å². The number of unbranched alkanes of at least 4 members (excludes halogenated alkanes) is 1. The van der Waals surface area contributed by atoms with E-state index in [1.165, 1.54) is 4.90 Å². The summed E-state index contributed by atoms with van der Waals surface area (Å²) in [6, 6.07) is 8.27. The molecule has 2 unspecified atom stereocenters. The topological polar surface area (TPSA) is 108 Å². The minimum absolute atomic E-state index is 0.0377. The van der Waals surface area contributed by atoms with Crippen LogP contribution in [0.3, 0.4) is 0 Å². The summed E-state index contributed by atoms with van der Waals surface area (Å²) in [5.41, 5.74) is -1.21. The standard InChI is InChI=1S/C23H31N3O5/c1-3-4-12-24-20(29)18-23-11-10-22(2,31-23)16(17(23)21(30)26(18)13-14-27)19(28)25-15-8-6-5-7-9-15/h5-9,16-18,27H,3-4,10-14H2,1-2H3,(H,24,29)(H,25,28)/t16-,17+,18?,22+,23?/m1/s1. The number of anilines is 1. The number of hydrogen-bond acceptors (Lipinski definition) is 5. The highest BCUT2D eigenvalue weighted by Crippen LogP contribution is 2.63. The molecule has 3 heterocycles. The fourth-order valence-corrected chi connectivity index (χ4v) is 5.70. The van der Waals surface area contributed by atoms with Crippen LogP contribution in [0.2, 0.25) is 0 Å². The molecule has 1 spiro atoms. The summed E-state index contributed by atoms with van der Waals surface area (Å²) < 4.78 is 6.46. The summed E-state index contributed by atoms with van der Waals surface area (Å²) in [7, 11) is 0. The van der Waals surface area contributed by atoms with Gasteiger partial charge in [0.2, 0.25) is 17.7 Å². The first-order valence-corrected chi connectivity index (χ1v) is 11.1. The van der Waals surface area contributed by atoms with Crippen molar-refractivity contribution in [2.24, 2.45) is 11.8 Å². The van der Waals surface area contributed by atoms with Gasteiger partial charge in [-0.05, 0) is 38.3 Å². The molecule has 168 valence electrons. The zero-order valence-electron chi connectivity index (χ0n) is 18.1. The quantitative estimate of drug-likeness (QED) is 0.540. The Kier molecular flexibility index (Phi) is 5.79. The van der Waals surface area contributed by atoms with E-state index in [4.69, 9.17) is 4.74 Å². The number of benzene rings is 1. The maximum absolute atomic E-state index is 13.5. The Morgan fingerprint density at radius 2 is 1.97 bits per heavy atom. The van der Waals surface area contributed by atoms with Gasteiger partial charge >= 0.3 is 0 Å². The fourth-order valence-electron chi connectivity index (χ4n) is 5.70. The first-order valence-electron chi connectivity index (χ1n) is 11.1. The minimum Gasteiger partial charge on any atom is -0.395 e. The van der Waals surface area contributed by atoms with Crippen molar-refractivity contribution in [1.82, 2.24) is 10.2 Å². The van der Waals surface area contributed by atoms with Crippen molar-refractivity contribution in [2.75, 3.05) is 25.0 Å². The Hall–Kier alpha value is -2.45. The third-order valence-electron chi connectivity index (χ3n) is 7.02. The number of para-hydroxylation sites is 1. The van der Waals surface area contributed by atoms with Crippen LogP contribution in [-0.2, 0) is 19.1 Å². The summed E-state index contributed by atoms with van der Waals surface area (Å²) >= 11 is 0. The van der Waals surface area contributed by atoms with Gasteiger partial charge in [0.1, 0.15) is 11.6 Å². The van der Waals surface area contributed by atoms with Crippen LogP contribution in [0.5, 0.6) is 0 Å². The molecule has 31 heavy (non-hydrogen) atoms. The second-order valence-corrected chi connectivity index (χ2v) is 8.98. The third-order valence-corrected chi connectivity index (χ3v) is 7.02. The predicted molar refractivity (Wildman–Crippen MR) is 114 cm³/mol. The molecule has 8 heteroatoms. The van der Waals surface area contributed by atoms with E-state index in [0.717, 1.165) is 12.8 Å². The molecule has 3 aliphatic heterocycles. The predicted octanol–water partition coefficient (Wildman–Crippen LogP) is 1.30. The second kappa shape index (κ2) is 8.24. The average Bonchev–Trinajstić information content (AvgIpc) is 3.30. The Morgan fingerprint density at radius 3 is 2.65 bits per heavy atom. The zero-order valence-corrected chi connectivity index (χ0v) is 18.1. The molecule has 8 nitrogen and oxygen atoms in total. The van der Waals surface area contributed by atoms with Crippen LogP contribution in [0.1, 0.15) is 39.5 Å². The van der Waals surface area contributed by atoms with Crippen LogP contribution in [0.15, 0.2) is 30.3 Å². The Balaban J connectivity index is 1.66. The van der Waals surface area contributed by atoms with Gasteiger partial charge in [0, 0.05) is 18.8 Å². The lowest BCUT2D eigenvalue weighted by Crippen LogP contribution is -2.55. The molecule has 3 aliphatic rings. The van der Waals surface area contributed by atoms with Crippen LogP contribution in [0.25, 0.3) is 0 Å². The average molecular weight is 430 g/mol. The molecule has 3 N–H and O–H groups in total. The zero-order chi connectivity index (χ0) is 22.2. The molecule has 0 aromatic heterocycles. The van der Waals surface area contributed by atoms with Crippen LogP contribution < -0.4 is 10.6 Å². The number of β-amino-alcohol motifs (C(OH)–C–C–N with tert-alkyl or cyclic N) is 1. The molecule has 4 rings (SSSR count). The molecule has 0 aliphatic carbocycles. The summed E-state index contributed by atoms with van der Waals surface area (Å²) in [4.78, 5) is 41.4. The largest absolute Gasteiger partial charge is 0.395 e. The molecule has 0 saturated carbocycles. The van der Waals surface area contributed by atoms with Gasteiger partial charge in [-0.25, -0.2) is 0 Å². The first kappa shape index (κ1) is 21.8. The van der Waals surface area contributed by atoms with Crippen LogP contribution in [0, 0.1) is 11.8 Å². The van der Waals surface area contributed by atoms with Crippen molar-refractivity contribution in [1.29, 1.82) is 0 Å². The Labute approximate surface area is 182 Å². The van der Waals surface area contributed by atoms with E-state index < -0.39 is 29.1 Å². The second-order valence-electron chi connectivity index (χ2n) is 8.98. The van der Waals surface area contributed by atoms with Gasteiger partial charge in [-0.15, -0.1) is 0 Å². The number of carbonyl (C=O) groups is 3. The molecule has 0 radical (unpaired) electrons. The minimum atomic E-state index is -1.05. The van der Waals surface area contributed by atoms with E-state index in [1.54, 1.807) is 12.1 Å². The van der Waals surface area contributed by atoms with Gasteiger partial charge in [0.05, 0.1) is 24.0 Å². The van der Waals surface area contributed by atoms with Crippen molar-refractivity contribution in [3.05, 3.63) is 30.3 Å². The van der Waals surface area contributed by atoms with Gasteiger partial charge in [-0.3, -0.25) is 14.4 Å². The van der Waals surface area contributed by atoms with Crippen molar-refractivity contribution in [2.45, 2.75) is 56.8 Å². The van der Waals surface area contributed by atoms with Gasteiger partial charge in [-0.1, -0.05) is 31.5 Å². The van der Waals surface area contributed by atoms with Crippen molar-refractivity contribution >= 4 is 23.4 Å². The summed E-state index contributed by atoms with van der Waals surface area (Å²) in [6.07, 6.45) is 2.90. The van der Waals surface area contributed by atoms with E-state index in [0.29, 0.717) is 25.1 Å². The molecule has 1 aromatic carbocycles. The third kappa shape index (κ3) is 3.42. The summed E-state index contributed by atoms with van der Waals surface area (Å²) in [6.45, 7) is 4.20. The Morgan fingerprint density at radius 1 is 1.23 bits per heavy atom. The van der Waals surface area contributed by atoms with Gasteiger partial charge in [0.25, 0.3) is 0 Å². The normalized spacial score (nSPS) is 33.5. The van der Waals surface area contributed by atoms with Crippen molar-refractivity contribution in [3.8, 4) is 0 Å². The number of ether oxygens (including phenoxy) is 1. The number of rotatable bonds is 8. The molecule has 3 fully saturated rings. The number of nitrogens with zero attached hydrogens (tertiary/aromatic N) is 1. The number of aliphatic hydroxyl groups is 1. The van der Waals surface area contributed by atoms with E-state index in [-0.39, 0.29) is 30.9 Å². The maximum atomic E-state index is 13.5. The lowest BCUT2D eigenvalue weighted by Gasteiger charge is -2.33. The molecule has 5 atom stereocenters. The van der Waals surface area contributed by atoms with Crippen LogP contribution in [-0.4, -0.2) is 64.7 Å². The lowest BCUT2D eigenvalue weighted by molar-refractivity contribution is -0.145. The number of nitrogens with one attached hydrogen (secondary N) is 2. The SMILES string of the molecule is CCCCNC(=O)C1N(CCO)C(=O)[C@@H]2[C@H](C(=O)Nc3ccccc3)[C@]3(C)CCC12O3. The number of aliphatic hydroxyl groups excluding tert-OH is 1. The lowest BCUT2D eigenvalue weighted by atomic mass is 9.66. The highest BCUT2D eigenvalue weighted by atomic mass is 16.5. The fraction of sp³-hybridized carbons (Fsp3) is 0.609. The highest BCUT2D eigenvalue weighted by molar-refractivity contribution is 6.02. The van der Waals surface area contributed by atoms with Crippen LogP contribution >= 0.6 is 0 Å². The van der Waals surface area contributed by atoms with Crippen LogP contribution in [0.4, 0.5) is 5.69 Å². The number of hydrogen-bond donors (Lipinski definition) is 3. The van der Waals surface area contributed by atoms with Gasteiger partial charge < -0.3 is 25.4 Å². The molecule has 3 amide bonds. The molecule has 2 bridgehead atoms. The highest BCUT2D eigenvalue weighted by Gasteiger charge is 2.77. The number of fused-ring (bicyclic) bond motifs is 1. The molecular formula is C23H31N3O5. The molecule has 3 saturated heterocycles. The first-order chi connectivity index (χ1) is 14.9. The van der Waals surface area contributed by atoms with Crippen molar-refractivity contribution in [3.63, 3.8) is 0 Å². The molecular weight excluding hydrogens is 398 g/mol. The van der Waals surface area contributed by atoms with E-state index in [1.807, 2.05) is 32.0 Å². The monoisotopic (exact) mass is 429 g/mol. The smallest absolute Gasteiger partial charge is 0.245 e. The van der Waals surface area contributed by atoms with E-state index >= 15 is 0 Å². The van der Waals surface area contributed by atoms with Crippen molar-refractivity contribution < 1.29 is 24.2 Å². The molecule has 1 aromatic rings.